The van der Waals surface area contributed by atoms with E-state index in [2.05, 4.69) is 26.0 Å². The van der Waals surface area contributed by atoms with Crippen LogP contribution in [0.2, 0.25) is 0 Å². The Labute approximate surface area is 278 Å². The lowest BCUT2D eigenvalue weighted by Gasteiger charge is -2.31. The summed E-state index contributed by atoms with van der Waals surface area (Å²) in [5.41, 5.74) is 4.18. The van der Waals surface area contributed by atoms with Crippen LogP contribution in [0.3, 0.4) is 0 Å². The van der Waals surface area contributed by atoms with E-state index in [1.807, 2.05) is 13.8 Å². The summed E-state index contributed by atoms with van der Waals surface area (Å²) in [4.78, 5) is 37.7. The Morgan fingerprint density at radius 2 is 1.88 bits per heavy atom. The Balaban J connectivity index is 1.69. The monoisotopic (exact) mass is 688 g/mol. The normalized spacial score (nSPS) is 21.1. The van der Waals surface area contributed by atoms with Gasteiger partial charge < -0.3 is 24.5 Å². The Bertz CT molecular complexity index is 1660. The molecule has 1 aliphatic rings. The van der Waals surface area contributed by atoms with Gasteiger partial charge in [-0.25, -0.2) is 9.55 Å². The molecule has 5 atom stereocenters. The number of carbonyl (C=O) groups is 2. The fraction of sp³-hybridized carbons (Fsp3) is 0.531. The number of nitrogens with two attached hydrogens (primary N) is 1. The number of halogens is 1. The number of esters is 2. The molecule has 1 aliphatic heterocycles. The molecule has 16 heteroatoms. The number of hydrogen-bond donors (Lipinski definition) is 2. The van der Waals surface area contributed by atoms with Crippen molar-refractivity contribution in [1.29, 1.82) is 0 Å². The van der Waals surface area contributed by atoms with Crippen LogP contribution >= 0.6 is 7.75 Å². The summed E-state index contributed by atoms with van der Waals surface area (Å²) >= 11 is 0. The molecule has 260 valence electrons. The maximum Gasteiger partial charge on any atom is 0.459 e. The fourth-order valence-corrected chi connectivity index (χ4v) is 6.82. The molecule has 1 saturated heterocycles. The van der Waals surface area contributed by atoms with Gasteiger partial charge in [0.1, 0.15) is 30.7 Å². The molecule has 48 heavy (non-hydrogen) atoms. The largest absolute Gasteiger partial charge is 0.462 e. The first kappa shape index (κ1) is 36.7. The molecule has 4 rings (SSSR count). The minimum Gasteiger partial charge on any atom is -0.462 e. The van der Waals surface area contributed by atoms with Crippen molar-refractivity contribution in [2.75, 3.05) is 12.3 Å². The molecule has 3 heterocycles. The van der Waals surface area contributed by atoms with Gasteiger partial charge in [-0.1, -0.05) is 50.8 Å². The first-order chi connectivity index (χ1) is 22.8. The summed E-state index contributed by atoms with van der Waals surface area (Å²) in [7, 11) is -4.41. The van der Waals surface area contributed by atoms with Gasteiger partial charge in [0.15, 0.2) is 22.6 Å². The highest BCUT2D eigenvalue weighted by atomic mass is 31.2. The van der Waals surface area contributed by atoms with E-state index < -0.39 is 68.4 Å². The van der Waals surface area contributed by atoms with Crippen molar-refractivity contribution in [3.8, 4) is 18.1 Å². The second-order valence-electron chi connectivity index (χ2n) is 11.8. The number of para-hydroxylation sites is 1. The van der Waals surface area contributed by atoms with Gasteiger partial charge in [0.2, 0.25) is 0 Å². The number of nitrogens with one attached hydrogen (secondary N) is 1. The van der Waals surface area contributed by atoms with Crippen LogP contribution in [-0.4, -0.2) is 61.9 Å². The Hall–Kier alpha value is -4.09. The number of hydrogen-bond acceptors (Lipinski definition) is 12. The zero-order valence-corrected chi connectivity index (χ0v) is 28.5. The molecule has 0 spiro atoms. The minimum absolute atomic E-state index is 0.0240. The smallest absolute Gasteiger partial charge is 0.459 e. The molecule has 14 nitrogen and oxygen atoms in total. The number of anilines is 1. The van der Waals surface area contributed by atoms with Crippen molar-refractivity contribution in [3.63, 3.8) is 0 Å². The highest BCUT2D eigenvalue weighted by Gasteiger charge is 2.53. The molecule has 1 fully saturated rings. The molecule has 1 aromatic carbocycles. The number of terminal acetylenes is 1. The maximum atomic E-state index is 14.3. The highest BCUT2D eigenvalue weighted by molar-refractivity contribution is 7.52. The number of nitrogens with zero attached hydrogens (tertiary/aromatic N) is 4. The topological polar surface area (TPSA) is 179 Å². The van der Waals surface area contributed by atoms with Gasteiger partial charge in [-0.05, 0) is 45.7 Å². The van der Waals surface area contributed by atoms with E-state index in [1.165, 1.54) is 17.8 Å². The predicted octanol–water partition coefficient (Wildman–Crippen LogP) is 5.10. The minimum atomic E-state index is -4.41. The van der Waals surface area contributed by atoms with Crippen LogP contribution in [0, 0.1) is 24.3 Å². The van der Waals surface area contributed by atoms with Gasteiger partial charge in [0, 0.05) is 6.42 Å². The average Bonchev–Trinajstić information content (AvgIpc) is 3.62. The number of carbonyl (C=O) groups excluding carboxylic acids is 2. The molecule has 0 aliphatic carbocycles. The zero-order chi connectivity index (χ0) is 35.1. The van der Waals surface area contributed by atoms with E-state index in [1.54, 1.807) is 44.2 Å². The van der Waals surface area contributed by atoms with Crippen molar-refractivity contribution in [2.24, 2.45) is 5.92 Å². The molecule has 3 aromatic rings. The van der Waals surface area contributed by atoms with Crippen LogP contribution in [0.5, 0.6) is 5.75 Å². The summed E-state index contributed by atoms with van der Waals surface area (Å²) in [5, 5.41) is 2.61. The molecule has 2 aromatic heterocycles. The number of fused-ring (bicyclic) bond motifs is 1. The van der Waals surface area contributed by atoms with Crippen molar-refractivity contribution in [1.82, 2.24) is 24.6 Å². The van der Waals surface area contributed by atoms with E-state index >= 15 is 0 Å². The van der Waals surface area contributed by atoms with Crippen molar-refractivity contribution in [2.45, 2.75) is 96.8 Å². The predicted molar refractivity (Wildman–Crippen MR) is 174 cm³/mol. The second-order valence-corrected chi connectivity index (χ2v) is 13.4. The lowest BCUT2D eigenvalue weighted by molar-refractivity contribution is -0.163. The highest BCUT2D eigenvalue weighted by Crippen LogP contribution is 2.48. The summed E-state index contributed by atoms with van der Waals surface area (Å²) in [6.07, 6.45) is 6.44. The summed E-state index contributed by atoms with van der Waals surface area (Å²) < 4.78 is 59.2. The number of imidazole rings is 1. The third kappa shape index (κ3) is 8.68. The standard InChI is InChI=1S/C32H42FN6O8P/c1-7-13-22(14-8-2)30(41)45-24-17-25(39-19-35-26-27(34)36-31(33)37-28(26)39)46-32(24,9-3)18-43-48(42,47-23-15-11-10-12-16-23)38-21(6)29(40)44-20(4)5/h3,10-12,15-16,19-22,24-25H,7-8,13-14,17-18H2,1-2,4-6H3,(H,38,42)(H2,34,36,37)/t21-,24?,25+,32+,48-/m0/s1. The number of rotatable bonds is 16. The third-order valence-corrected chi connectivity index (χ3v) is 9.22. The summed E-state index contributed by atoms with van der Waals surface area (Å²) in [6.45, 7) is 8.11. The van der Waals surface area contributed by atoms with Crippen LogP contribution in [0.4, 0.5) is 10.2 Å². The first-order valence-electron chi connectivity index (χ1n) is 15.8. The van der Waals surface area contributed by atoms with E-state index in [4.69, 9.17) is 35.4 Å². The van der Waals surface area contributed by atoms with E-state index in [-0.39, 0.29) is 29.2 Å². The van der Waals surface area contributed by atoms with Crippen molar-refractivity contribution < 1.29 is 41.8 Å². The number of ether oxygens (including phenoxy) is 3. The number of aromatic nitrogens is 4. The molecule has 3 N–H and O–H groups in total. The lowest BCUT2D eigenvalue weighted by Crippen LogP contribution is -2.46. The Morgan fingerprint density at radius 3 is 2.50 bits per heavy atom. The second kappa shape index (κ2) is 15.9. The van der Waals surface area contributed by atoms with Crippen molar-refractivity contribution >= 4 is 36.7 Å². The molecular formula is C32H42FN6O8P. The van der Waals surface area contributed by atoms with Gasteiger partial charge >= 0.3 is 25.8 Å². The maximum absolute atomic E-state index is 14.3. The van der Waals surface area contributed by atoms with Crippen molar-refractivity contribution in [3.05, 3.63) is 42.7 Å². The fourth-order valence-electron chi connectivity index (χ4n) is 5.30. The van der Waals surface area contributed by atoms with Crippen LogP contribution in [0.25, 0.3) is 11.2 Å². The van der Waals surface area contributed by atoms with Gasteiger partial charge in [0.25, 0.3) is 0 Å². The molecule has 0 amide bonds. The molecular weight excluding hydrogens is 646 g/mol. The Kier molecular flexibility index (Phi) is 12.1. The quantitative estimate of drug-likeness (QED) is 0.0880. The van der Waals surface area contributed by atoms with E-state index in [9.17, 15) is 18.5 Å². The van der Waals surface area contributed by atoms with Crippen LogP contribution < -0.4 is 15.3 Å². The Morgan fingerprint density at radius 1 is 1.19 bits per heavy atom. The van der Waals surface area contributed by atoms with Gasteiger partial charge in [-0.15, -0.1) is 6.42 Å². The molecule has 0 radical (unpaired) electrons. The SMILES string of the molecule is C#C[C@]1(CO[P@@](=O)(N[C@@H](C)C(=O)OC(C)C)Oc2ccccc2)O[C@@H](n2cnc3c(N)nc(F)nc32)CC1OC(=O)C(CCC)CCC. The lowest BCUT2D eigenvalue weighted by atomic mass is 9.96. The molecule has 0 saturated carbocycles. The molecule has 0 bridgehead atoms. The zero-order valence-electron chi connectivity index (χ0n) is 27.6. The van der Waals surface area contributed by atoms with Crippen LogP contribution in [0.15, 0.2) is 36.7 Å². The third-order valence-electron chi connectivity index (χ3n) is 7.60. The van der Waals surface area contributed by atoms with Gasteiger partial charge in [0.05, 0.1) is 18.3 Å². The van der Waals surface area contributed by atoms with Crippen LogP contribution in [0.1, 0.15) is 73.0 Å². The van der Waals surface area contributed by atoms with Gasteiger partial charge in [-0.2, -0.15) is 19.4 Å². The number of benzene rings is 1. The summed E-state index contributed by atoms with van der Waals surface area (Å²) in [6, 6.07) is 7.04. The van der Waals surface area contributed by atoms with Gasteiger partial charge in [-0.3, -0.25) is 18.7 Å². The van der Waals surface area contributed by atoms with E-state index in [0.717, 1.165) is 12.8 Å². The molecule has 1 unspecified atom stereocenters. The number of nitrogen functional groups attached to an aromatic ring is 1. The average molecular weight is 689 g/mol. The van der Waals surface area contributed by atoms with Crippen LogP contribution in [-0.2, 0) is 32.9 Å². The van der Waals surface area contributed by atoms with E-state index in [0.29, 0.717) is 12.8 Å². The summed E-state index contributed by atoms with van der Waals surface area (Å²) in [5.74, 6) is 0.976. The first-order valence-corrected chi connectivity index (χ1v) is 17.4.